The van der Waals surface area contributed by atoms with Crippen LogP contribution in [0, 0.1) is 11.8 Å². The van der Waals surface area contributed by atoms with E-state index in [-0.39, 0.29) is 5.41 Å². The molecular formula is C17H23N5OS. The van der Waals surface area contributed by atoms with E-state index in [4.69, 9.17) is 15.2 Å². The van der Waals surface area contributed by atoms with Crippen LogP contribution in [0.25, 0.3) is 0 Å². The molecular weight excluding hydrogens is 322 g/mol. The first-order valence-corrected chi connectivity index (χ1v) is 9.78. The van der Waals surface area contributed by atoms with Crippen molar-refractivity contribution in [2.75, 3.05) is 18.8 Å². The van der Waals surface area contributed by atoms with E-state index in [2.05, 4.69) is 15.0 Å². The molecule has 7 heteroatoms. The molecule has 6 nitrogen and oxygen atoms in total. The number of nitrogens with two attached hydrogens (primary N) is 1. The standard InChI is InChI=1S/C17H23N5OS/c18-16-19-7-13(24-16)9-22-8-12-2-1-5-17(12,10-22)15-20-14(21-23-15)6-11-3-4-11/h7,11-12H,1-6,8-10H2,(H2,18,19)/t12-,17-/m1/s1. The summed E-state index contributed by atoms with van der Waals surface area (Å²) in [5.74, 6) is 3.24. The van der Waals surface area contributed by atoms with Crippen LogP contribution >= 0.6 is 11.3 Å². The minimum atomic E-state index is 0.0744. The van der Waals surface area contributed by atoms with Gasteiger partial charge in [-0.2, -0.15) is 4.98 Å². The number of anilines is 1. The minimum absolute atomic E-state index is 0.0744. The van der Waals surface area contributed by atoms with Gasteiger partial charge < -0.3 is 10.3 Å². The van der Waals surface area contributed by atoms with Gasteiger partial charge in [-0.3, -0.25) is 4.90 Å². The number of likely N-dealkylation sites (tertiary alicyclic amines) is 1. The van der Waals surface area contributed by atoms with Gasteiger partial charge in [-0.15, -0.1) is 11.3 Å². The third-order valence-electron chi connectivity index (χ3n) is 5.95. The largest absolute Gasteiger partial charge is 0.375 e. The van der Waals surface area contributed by atoms with Crippen molar-refractivity contribution in [3.63, 3.8) is 0 Å². The molecule has 3 fully saturated rings. The Morgan fingerprint density at radius 1 is 1.38 bits per heavy atom. The van der Waals surface area contributed by atoms with E-state index < -0.39 is 0 Å². The van der Waals surface area contributed by atoms with Gasteiger partial charge in [0.25, 0.3) is 0 Å². The number of rotatable bonds is 5. The molecule has 0 radical (unpaired) electrons. The Bertz CT molecular complexity index is 739. The highest BCUT2D eigenvalue weighted by molar-refractivity contribution is 7.15. The predicted molar refractivity (Wildman–Crippen MR) is 91.5 cm³/mol. The fraction of sp³-hybridized carbons (Fsp3) is 0.706. The molecule has 5 rings (SSSR count). The molecule has 24 heavy (non-hydrogen) atoms. The van der Waals surface area contributed by atoms with Crippen molar-refractivity contribution >= 4 is 16.5 Å². The van der Waals surface area contributed by atoms with Gasteiger partial charge in [-0.25, -0.2) is 4.98 Å². The van der Waals surface area contributed by atoms with E-state index >= 15 is 0 Å². The van der Waals surface area contributed by atoms with Gasteiger partial charge in [-0.1, -0.05) is 11.6 Å². The summed E-state index contributed by atoms with van der Waals surface area (Å²) >= 11 is 1.59. The maximum absolute atomic E-state index is 5.77. The molecule has 0 aromatic carbocycles. The highest BCUT2D eigenvalue weighted by Crippen LogP contribution is 2.50. The first kappa shape index (κ1) is 14.8. The molecule has 2 aromatic rings. The molecule has 0 spiro atoms. The number of thiazole rings is 1. The Balaban J connectivity index is 1.35. The highest BCUT2D eigenvalue weighted by atomic mass is 32.1. The Hall–Kier alpha value is -1.47. The highest BCUT2D eigenvalue weighted by Gasteiger charge is 2.54. The van der Waals surface area contributed by atoms with E-state index in [0.717, 1.165) is 43.7 Å². The van der Waals surface area contributed by atoms with Gasteiger partial charge in [0.15, 0.2) is 11.0 Å². The Morgan fingerprint density at radius 3 is 3.08 bits per heavy atom. The topological polar surface area (TPSA) is 81.1 Å². The lowest BCUT2D eigenvalue weighted by atomic mass is 9.80. The quantitative estimate of drug-likeness (QED) is 0.897. The maximum Gasteiger partial charge on any atom is 0.234 e. The van der Waals surface area contributed by atoms with Gasteiger partial charge in [0, 0.05) is 37.1 Å². The summed E-state index contributed by atoms with van der Waals surface area (Å²) in [7, 11) is 0. The van der Waals surface area contributed by atoms with Crippen LogP contribution in [0.4, 0.5) is 5.13 Å². The minimum Gasteiger partial charge on any atom is -0.375 e. The fourth-order valence-electron chi connectivity index (χ4n) is 4.60. The van der Waals surface area contributed by atoms with Crippen LogP contribution < -0.4 is 5.73 Å². The van der Waals surface area contributed by atoms with Gasteiger partial charge in [0.1, 0.15) is 0 Å². The SMILES string of the molecule is Nc1ncc(CN2C[C@H]3CCC[C@@]3(c3nc(CC4CC4)no3)C2)s1. The van der Waals surface area contributed by atoms with E-state index in [0.29, 0.717) is 11.0 Å². The summed E-state index contributed by atoms with van der Waals surface area (Å²) in [6.07, 6.45) is 9.25. The predicted octanol–water partition coefficient (Wildman–Crippen LogP) is 2.61. The maximum atomic E-state index is 5.77. The zero-order chi connectivity index (χ0) is 16.1. The molecule has 1 saturated heterocycles. The van der Waals surface area contributed by atoms with Crippen molar-refractivity contribution in [2.45, 2.75) is 50.5 Å². The molecule has 0 amide bonds. The van der Waals surface area contributed by atoms with Crippen molar-refractivity contribution in [2.24, 2.45) is 11.8 Å². The van der Waals surface area contributed by atoms with Crippen molar-refractivity contribution < 1.29 is 4.52 Å². The average Bonchev–Trinajstić information content (AvgIpc) is 2.93. The summed E-state index contributed by atoms with van der Waals surface area (Å²) < 4.78 is 5.77. The summed E-state index contributed by atoms with van der Waals surface area (Å²) in [6, 6.07) is 0. The van der Waals surface area contributed by atoms with Gasteiger partial charge in [-0.05, 0) is 37.5 Å². The van der Waals surface area contributed by atoms with Crippen molar-refractivity contribution in [3.05, 3.63) is 22.8 Å². The number of nitrogen functional groups attached to an aromatic ring is 1. The smallest absolute Gasteiger partial charge is 0.234 e. The second-order valence-corrected chi connectivity index (χ2v) is 8.89. The lowest BCUT2D eigenvalue weighted by molar-refractivity contribution is 0.245. The van der Waals surface area contributed by atoms with E-state index in [1.807, 2.05) is 6.20 Å². The molecule has 128 valence electrons. The Morgan fingerprint density at radius 2 is 2.29 bits per heavy atom. The first-order valence-electron chi connectivity index (χ1n) is 8.97. The van der Waals surface area contributed by atoms with Crippen molar-refractivity contribution in [1.29, 1.82) is 0 Å². The zero-order valence-electron chi connectivity index (χ0n) is 13.8. The Kier molecular flexibility index (Phi) is 3.42. The second-order valence-electron chi connectivity index (χ2n) is 7.74. The third-order valence-corrected chi connectivity index (χ3v) is 6.77. The molecule has 1 aliphatic heterocycles. The second kappa shape index (κ2) is 5.52. The van der Waals surface area contributed by atoms with Gasteiger partial charge in [0.2, 0.25) is 5.89 Å². The van der Waals surface area contributed by atoms with Gasteiger partial charge in [0.05, 0.1) is 5.41 Å². The average molecular weight is 345 g/mol. The van der Waals surface area contributed by atoms with E-state index in [1.165, 1.54) is 37.0 Å². The molecule has 2 atom stereocenters. The molecule has 2 aromatic heterocycles. The zero-order valence-corrected chi connectivity index (χ0v) is 14.6. The van der Waals surface area contributed by atoms with Gasteiger partial charge >= 0.3 is 0 Å². The summed E-state index contributed by atoms with van der Waals surface area (Å²) in [5, 5.41) is 4.93. The van der Waals surface area contributed by atoms with Crippen LogP contribution in [0.3, 0.4) is 0 Å². The fourth-order valence-corrected chi connectivity index (χ4v) is 5.33. The summed E-state index contributed by atoms with van der Waals surface area (Å²) in [5.41, 5.74) is 5.84. The molecule has 3 heterocycles. The van der Waals surface area contributed by atoms with E-state index in [1.54, 1.807) is 11.3 Å². The number of hydrogen-bond donors (Lipinski definition) is 1. The van der Waals surface area contributed by atoms with Crippen LogP contribution in [-0.2, 0) is 18.4 Å². The third kappa shape index (κ3) is 2.54. The van der Waals surface area contributed by atoms with Crippen LogP contribution in [0.5, 0.6) is 0 Å². The molecule has 2 aliphatic carbocycles. The van der Waals surface area contributed by atoms with Crippen LogP contribution in [-0.4, -0.2) is 33.1 Å². The number of nitrogens with zero attached hydrogens (tertiary/aromatic N) is 4. The first-order chi connectivity index (χ1) is 11.7. The van der Waals surface area contributed by atoms with E-state index in [9.17, 15) is 0 Å². The summed E-state index contributed by atoms with van der Waals surface area (Å²) in [4.78, 5) is 12.7. The lowest BCUT2D eigenvalue weighted by Gasteiger charge is -2.24. The lowest BCUT2D eigenvalue weighted by Crippen LogP contribution is -2.32. The molecule has 2 saturated carbocycles. The van der Waals surface area contributed by atoms with Crippen LogP contribution in [0.2, 0.25) is 0 Å². The summed E-state index contributed by atoms with van der Waals surface area (Å²) in [6.45, 7) is 3.05. The Labute approximate surface area is 145 Å². The molecule has 0 bridgehead atoms. The van der Waals surface area contributed by atoms with Crippen molar-refractivity contribution in [1.82, 2.24) is 20.0 Å². The van der Waals surface area contributed by atoms with Crippen LogP contribution in [0.15, 0.2) is 10.7 Å². The molecule has 3 aliphatic rings. The number of hydrogen-bond acceptors (Lipinski definition) is 7. The normalized spacial score (nSPS) is 30.1. The monoisotopic (exact) mass is 345 g/mol. The number of fused-ring (bicyclic) bond motifs is 1. The molecule has 2 N–H and O–H groups in total. The number of aromatic nitrogens is 3. The van der Waals surface area contributed by atoms with Crippen molar-refractivity contribution in [3.8, 4) is 0 Å². The van der Waals surface area contributed by atoms with Crippen LogP contribution in [0.1, 0.15) is 48.7 Å². The molecule has 0 unspecified atom stereocenters.